The molecule has 0 spiro atoms. The first-order valence-corrected chi connectivity index (χ1v) is 15.2. The minimum absolute atomic E-state index is 0.0488. The molecule has 0 unspecified atom stereocenters. The Morgan fingerprint density at radius 3 is 2.13 bits per heavy atom. The number of benzene rings is 4. The summed E-state index contributed by atoms with van der Waals surface area (Å²) in [5, 5.41) is 8.81. The summed E-state index contributed by atoms with van der Waals surface area (Å²) in [5.74, 6) is 0.479. The van der Waals surface area contributed by atoms with Crippen LogP contribution in [-0.2, 0) is 9.59 Å². The van der Waals surface area contributed by atoms with Gasteiger partial charge in [0.2, 0.25) is 5.91 Å². The summed E-state index contributed by atoms with van der Waals surface area (Å²) in [6.45, 7) is 0. The van der Waals surface area contributed by atoms with E-state index in [1.807, 2.05) is 6.07 Å². The molecule has 4 aromatic carbocycles. The highest BCUT2D eigenvalue weighted by Crippen LogP contribution is 2.36. The number of amides is 3. The van der Waals surface area contributed by atoms with Crippen molar-refractivity contribution >= 4 is 58.5 Å². The van der Waals surface area contributed by atoms with Crippen molar-refractivity contribution in [2.75, 3.05) is 44.8 Å². The van der Waals surface area contributed by atoms with Crippen LogP contribution in [0.25, 0.3) is 6.08 Å². The zero-order valence-electron chi connectivity index (χ0n) is 25.5. The van der Waals surface area contributed by atoms with Gasteiger partial charge in [-0.3, -0.25) is 14.4 Å². The van der Waals surface area contributed by atoms with Crippen molar-refractivity contribution in [3.63, 3.8) is 0 Å². The van der Waals surface area contributed by atoms with Crippen LogP contribution in [0.5, 0.6) is 23.0 Å². The molecule has 238 valence electrons. The Bertz CT molecular complexity index is 1750. The van der Waals surface area contributed by atoms with E-state index >= 15 is 0 Å². The van der Waals surface area contributed by atoms with E-state index in [1.165, 1.54) is 46.3 Å². The van der Waals surface area contributed by atoms with Gasteiger partial charge in [-0.25, -0.2) is 0 Å². The van der Waals surface area contributed by atoms with Crippen LogP contribution in [0.2, 0.25) is 5.02 Å². The van der Waals surface area contributed by atoms with Crippen LogP contribution in [0.15, 0.2) is 95.5 Å². The van der Waals surface area contributed by atoms with Gasteiger partial charge in [0.25, 0.3) is 11.8 Å². The van der Waals surface area contributed by atoms with Crippen molar-refractivity contribution in [2.24, 2.45) is 0 Å². The molecule has 10 nitrogen and oxygen atoms in total. The van der Waals surface area contributed by atoms with Crippen LogP contribution < -0.4 is 34.9 Å². The van der Waals surface area contributed by atoms with E-state index in [9.17, 15) is 14.4 Å². The standard InChI is InChI=1S/C34H32ClN3O7S/c1-42-28-14-13-23(35)17-26(28)37-32(39)20-46-25-12-8-11-24(18-25)36-34(41)27(38-33(40)21-9-6-5-7-10-21)15-22-16-30(44-3)31(45-4)19-29(22)43-2/h5-19H,20H2,1-4H3,(H,36,41)(H,37,39)(H,38,40)/b27-15+. The maximum Gasteiger partial charge on any atom is 0.272 e. The van der Waals surface area contributed by atoms with Crippen molar-refractivity contribution in [3.8, 4) is 23.0 Å². The van der Waals surface area contributed by atoms with Gasteiger partial charge in [-0.05, 0) is 60.7 Å². The first-order valence-electron chi connectivity index (χ1n) is 13.8. The highest BCUT2D eigenvalue weighted by atomic mass is 35.5. The predicted octanol–water partition coefficient (Wildman–Crippen LogP) is 6.51. The number of carbonyl (C=O) groups excluding carboxylic acids is 3. The molecule has 4 aromatic rings. The zero-order chi connectivity index (χ0) is 33.1. The molecule has 0 saturated heterocycles. The Balaban J connectivity index is 1.55. The lowest BCUT2D eigenvalue weighted by Gasteiger charge is -2.15. The van der Waals surface area contributed by atoms with Crippen LogP contribution >= 0.6 is 23.4 Å². The maximum atomic E-state index is 13.6. The molecular formula is C34H32ClN3O7S. The average Bonchev–Trinajstić information content (AvgIpc) is 3.07. The number of nitrogens with one attached hydrogen (secondary N) is 3. The quantitative estimate of drug-likeness (QED) is 0.109. The van der Waals surface area contributed by atoms with Gasteiger partial charge in [-0.2, -0.15) is 0 Å². The molecule has 0 bridgehead atoms. The van der Waals surface area contributed by atoms with E-state index in [-0.39, 0.29) is 17.4 Å². The molecular weight excluding hydrogens is 630 g/mol. The van der Waals surface area contributed by atoms with Gasteiger partial charge in [0, 0.05) is 32.8 Å². The molecule has 3 N–H and O–H groups in total. The fraction of sp³-hybridized carbons (Fsp3) is 0.147. The molecule has 0 radical (unpaired) electrons. The summed E-state index contributed by atoms with van der Waals surface area (Å²) >= 11 is 7.34. The molecule has 12 heteroatoms. The van der Waals surface area contributed by atoms with Crippen molar-refractivity contribution < 1.29 is 33.3 Å². The highest BCUT2D eigenvalue weighted by Gasteiger charge is 2.18. The van der Waals surface area contributed by atoms with Gasteiger partial charge < -0.3 is 34.9 Å². The van der Waals surface area contributed by atoms with Crippen molar-refractivity contribution in [1.29, 1.82) is 0 Å². The van der Waals surface area contributed by atoms with Gasteiger partial charge in [0.15, 0.2) is 11.5 Å². The molecule has 0 atom stereocenters. The minimum Gasteiger partial charge on any atom is -0.496 e. The van der Waals surface area contributed by atoms with E-state index in [4.69, 9.17) is 30.5 Å². The van der Waals surface area contributed by atoms with Crippen LogP contribution in [0.4, 0.5) is 11.4 Å². The summed E-state index contributed by atoms with van der Waals surface area (Å²) in [7, 11) is 5.98. The van der Waals surface area contributed by atoms with Gasteiger partial charge in [0.05, 0.1) is 39.9 Å². The molecule has 46 heavy (non-hydrogen) atoms. The number of carbonyl (C=O) groups is 3. The Hall–Kier alpha value is -5.13. The third kappa shape index (κ3) is 8.96. The topological polar surface area (TPSA) is 124 Å². The first-order chi connectivity index (χ1) is 22.2. The number of hydrogen-bond donors (Lipinski definition) is 3. The molecule has 0 aliphatic heterocycles. The molecule has 0 aliphatic carbocycles. The average molecular weight is 662 g/mol. The predicted molar refractivity (Wildman–Crippen MR) is 180 cm³/mol. The van der Waals surface area contributed by atoms with Crippen LogP contribution in [0.3, 0.4) is 0 Å². The summed E-state index contributed by atoms with van der Waals surface area (Å²) in [5.41, 5.74) is 1.70. The molecule has 0 saturated carbocycles. The monoisotopic (exact) mass is 661 g/mol. The van der Waals surface area contributed by atoms with Gasteiger partial charge in [-0.1, -0.05) is 35.9 Å². The second kappa shape index (κ2) is 16.3. The van der Waals surface area contributed by atoms with Crippen LogP contribution in [0.1, 0.15) is 15.9 Å². The lowest BCUT2D eigenvalue weighted by molar-refractivity contribution is -0.114. The number of anilines is 2. The number of rotatable bonds is 13. The fourth-order valence-electron chi connectivity index (χ4n) is 4.24. The summed E-state index contributed by atoms with van der Waals surface area (Å²) < 4.78 is 21.6. The second-order valence-electron chi connectivity index (χ2n) is 9.49. The molecule has 3 amide bonds. The lowest BCUT2D eigenvalue weighted by Crippen LogP contribution is -2.30. The molecule has 0 heterocycles. The molecule has 0 fully saturated rings. The van der Waals surface area contributed by atoms with E-state index in [1.54, 1.807) is 78.9 Å². The Morgan fingerprint density at radius 2 is 1.43 bits per heavy atom. The maximum absolute atomic E-state index is 13.6. The minimum atomic E-state index is -0.589. The van der Waals surface area contributed by atoms with Gasteiger partial charge >= 0.3 is 0 Å². The fourth-order valence-corrected chi connectivity index (χ4v) is 5.17. The number of methoxy groups -OCH3 is 4. The SMILES string of the molecule is COc1cc(OC)c(OC)cc1/C=C(/NC(=O)c1ccccc1)C(=O)Nc1cccc(SCC(=O)Nc2cc(Cl)ccc2OC)c1. The highest BCUT2D eigenvalue weighted by molar-refractivity contribution is 8.00. The lowest BCUT2D eigenvalue weighted by atomic mass is 10.1. The van der Waals surface area contributed by atoms with Crippen molar-refractivity contribution in [1.82, 2.24) is 5.32 Å². The van der Waals surface area contributed by atoms with Crippen molar-refractivity contribution in [2.45, 2.75) is 4.90 Å². The normalized spacial score (nSPS) is 10.8. The molecule has 0 aromatic heterocycles. The van der Waals surface area contributed by atoms with Crippen LogP contribution in [0, 0.1) is 0 Å². The Morgan fingerprint density at radius 1 is 0.739 bits per heavy atom. The number of hydrogen-bond acceptors (Lipinski definition) is 8. The van der Waals surface area contributed by atoms with E-state index in [2.05, 4.69) is 16.0 Å². The van der Waals surface area contributed by atoms with Crippen LogP contribution in [-0.4, -0.2) is 51.9 Å². The largest absolute Gasteiger partial charge is 0.496 e. The van der Waals surface area contributed by atoms with E-state index in [0.717, 1.165) is 4.90 Å². The third-order valence-electron chi connectivity index (χ3n) is 6.46. The van der Waals surface area contributed by atoms with E-state index < -0.39 is 11.8 Å². The third-order valence-corrected chi connectivity index (χ3v) is 7.69. The molecule has 4 rings (SSSR count). The smallest absolute Gasteiger partial charge is 0.272 e. The Labute approximate surface area is 276 Å². The van der Waals surface area contributed by atoms with E-state index in [0.29, 0.717) is 50.5 Å². The Kier molecular flexibility index (Phi) is 11.9. The zero-order valence-corrected chi connectivity index (χ0v) is 27.1. The number of ether oxygens (including phenoxy) is 4. The van der Waals surface area contributed by atoms with Gasteiger partial charge in [0.1, 0.15) is 17.2 Å². The summed E-state index contributed by atoms with van der Waals surface area (Å²) in [6.07, 6.45) is 1.49. The summed E-state index contributed by atoms with van der Waals surface area (Å²) in [6, 6.07) is 23.7. The number of thioether (sulfide) groups is 1. The van der Waals surface area contributed by atoms with Gasteiger partial charge in [-0.15, -0.1) is 11.8 Å². The molecule has 0 aliphatic rings. The number of halogens is 1. The summed E-state index contributed by atoms with van der Waals surface area (Å²) in [4.78, 5) is 40.2. The second-order valence-corrected chi connectivity index (χ2v) is 11.0. The van der Waals surface area contributed by atoms with Crippen molar-refractivity contribution in [3.05, 3.63) is 107 Å². The first kappa shape index (κ1) is 33.8.